The molecule has 0 aromatic carbocycles. The first-order valence-electron chi connectivity index (χ1n) is 3.53. The van der Waals surface area contributed by atoms with Crippen molar-refractivity contribution in [2.24, 2.45) is 0 Å². The van der Waals surface area contributed by atoms with Gasteiger partial charge in [-0.3, -0.25) is 4.90 Å². The molecule has 0 spiro atoms. The average molecular weight is 129 g/mol. The Morgan fingerprint density at radius 2 is 2.11 bits per heavy atom. The zero-order chi connectivity index (χ0) is 6.85. The van der Waals surface area contributed by atoms with Gasteiger partial charge in [0, 0.05) is 12.6 Å². The maximum Gasteiger partial charge on any atom is 0.0699 e. The Labute approximate surface area is 56.8 Å². The largest absolute Gasteiger partial charge is 0.376 e. The van der Waals surface area contributed by atoms with Crippen LogP contribution in [0.5, 0.6) is 0 Å². The van der Waals surface area contributed by atoms with E-state index in [9.17, 15) is 0 Å². The number of morpholine rings is 1. The second kappa shape index (κ2) is 2.67. The topological polar surface area (TPSA) is 12.5 Å². The fraction of sp³-hybridized carbons (Fsp3) is 1.00. The molecule has 0 N–H and O–H groups in total. The fourth-order valence-electron chi connectivity index (χ4n) is 1.08. The van der Waals surface area contributed by atoms with Crippen molar-refractivity contribution in [2.45, 2.75) is 26.0 Å². The van der Waals surface area contributed by atoms with Gasteiger partial charge >= 0.3 is 0 Å². The summed E-state index contributed by atoms with van der Waals surface area (Å²) in [7, 11) is 2.14. The summed E-state index contributed by atoms with van der Waals surface area (Å²) in [6.45, 7) is 6.29. The molecule has 1 aliphatic rings. The highest BCUT2D eigenvalue weighted by atomic mass is 16.5. The van der Waals surface area contributed by atoms with Gasteiger partial charge in [0.1, 0.15) is 0 Å². The van der Waals surface area contributed by atoms with Crippen molar-refractivity contribution in [2.75, 3.05) is 20.2 Å². The number of hydrogen-bond donors (Lipinski definition) is 0. The summed E-state index contributed by atoms with van der Waals surface area (Å²) in [5.74, 6) is 0. The number of hydrogen-bond acceptors (Lipinski definition) is 2. The Kier molecular flexibility index (Phi) is 2.09. The monoisotopic (exact) mass is 129 g/mol. The lowest BCUT2D eigenvalue weighted by molar-refractivity contribution is -0.0448. The molecule has 1 aliphatic heterocycles. The highest BCUT2D eigenvalue weighted by Gasteiger charge is 2.21. The fourth-order valence-corrected chi connectivity index (χ4v) is 1.08. The first-order chi connectivity index (χ1) is 4.22. The third-order valence-electron chi connectivity index (χ3n) is 2.20. The van der Waals surface area contributed by atoms with E-state index in [-0.39, 0.29) is 0 Å². The lowest BCUT2D eigenvalue weighted by Gasteiger charge is -2.34. The van der Waals surface area contributed by atoms with Crippen LogP contribution in [0.25, 0.3) is 0 Å². The van der Waals surface area contributed by atoms with Gasteiger partial charge in [-0.1, -0.05) is 0 Å². The molecule has 0 amide bonds. The first-order valence-corrected chi connectivity index (χ1v) is 3.53. The highest BCUT2D eigenvalue weighted by molar-refractivity contribution is 4.73. The van der Waals surface area contributed by atoms with Crippen molar-refractivity contribution in [1.29, 1.82) is 0 Å². The van der Waals surface area contributed by atoms with Crippen molar-refractivity contribution in [3.63, 3.8) is 0 Å². The lowest BCUT2D eigenvalue weighted by Crippen LogP contribution is -2.45. The predicted molar refractivity (Wildman–Crippen MR) is 37.5 cm³/mol. The van der Waals surface area contributed by atoms with Crippen LogP contribution in [0.1, 0.15) is 13.8 Å². The van der Waals surface area contributed by atoms with Crippen LogP contribution in [-0.4, -0.2) is 37.2 Å². The summed E-state index contributed by atoms with van der Waals surface area (Å²) in [4.78, 5) is 2.33. The second-order valence-electron chi connectivity index (χ2n) is 2.80. The second-order valence-corrected chi connectivity index (χ2v) is 2.80. The summed E-state index contributed by atoms with van der Waals surface area (Å²) in [5, 5.41) is 0. The minimum atomic E-state index is 0.406. The van der Waals surface area contributed by atoms with Gasteiger partial charge in [-0.2, -0.15) is 0 Å². The van der Waals surface area contributed by atoms with Gasteiger partial charge < -0.3 is 4.74 Å². The van der Waals surface area contributed by atoms with E-state index in [1.54, 1.807) is 0 Å². The molecule has 0 radical (unpaired) electrons. The van der Waals surface area contributed by atoms with Crippen LogP contribution in [0.4, 0.5) is 0 Å². The molecule has 2 atom stereocenters. The molecule has 0 aliphatic carbocycles. The summed E-state index contributed by atoms with van der Waals surface area (Å²) < 4.78 is 5.42. The van der Waals surface area contributed by atoms with Crippen LogP contribution >= 0.6 is 0 Å². The Bertz CT molecular complexity index is 84.9. The third kappa shape index (κ3) is 1.43. The third-order valence-corrected chi connectivity index (χ3v) is 2.20. The standard InChI is InChI=1S/C7H15NO/c1-6-7(2)9-5-4-8(6)3/h6-7H,4-5H2,1-3H3/t6-,7?/m1/s1. The SMILES string of the molecule is CC1OCCN(C)[C@@H]1C. The quantitative estimate of drug-likeness (QED) is 0.478. The van der Waals surface area contributed by atoms with E-state index < -0.39 is 0 Å². The van der Waals surface area contributed by atoms with Gasteiger partial charge in [0.05, 0.1) is 12.7 Å². The smallest absolute Gasteiger partial charge is 0.0699 e. The van der Waals surface area contributed by atoms with Crippen LogP contribution in [0.15, 0.2) is 0 Å². The molecule has 1 heterocycles. The molecule has 54 valence electrons. The average Bonchev–Trinajstić information content (AvgIpc) is 1.83. The van der Waals surface area contributed by atoms with Gasteiger partial charge in [-0.15, -0.1) is 0 Å². The molecule has 2 heteroatoms. The number of nitrogens with zero attached hydrogens (tertiary/aromatic N) is 1. The minimum absolute atomic E-state index is 0.406. The van der Waals surface area contributed by atoms with E-state index in [1.807, 2.05) is 0 Å². The Morgan fingerprint density at radius 1 is 1.44 bits per heavy atom. The van der Waals surface area contributed by atoms with Gasteiger partial charge in [-0.25, -0.2) is 0 Å². The molecule has 0 saturated carbocycles. The molecule has 0 aromatic heterocycles. The number of rotatable bonds is 0. The van der Waals surface area contributed by atoms with E-state index in [0.29, 0.717) is 12.1 Å². The van der Waals surface area contributed by atoms with Crippen LogP contribution in [0.3, 0.4) is 0 Å². The van der Waals surface area contributed by atoms with Gasteiger partial charge in [-0.05, 0) is 20.9 Å². The summed E-state index contributed by atoms with van der Waals surface area (Å²) in [5.41, 5.74) is 0. The molecule has 1 fully saturated rings. The summed E-state index contributed by atoms with van der Waals surface area (Å²) >= 11 is 0. The lowest BCUT2D eigenvalue weighted by atomic mass is 10.1. The van der Waals surface area contributed by atoms with E-state index in [1.165, 1.54) is 0 Å². The summed E-state index contributed by atoms with van der Waals surface area (Å²) in [6.07, 6.45) is 0.406. The molecular formula is C7H15NO. The van der Waals surface area contributed by atoms with Crippen molar-refractivity contribution in [3.05, 3.63) is 0 Å². The molecule has 1 unspecified atom stereocenters. The van der Waals surface area contributed by atoms with E-state index in [4.69, 9.17) is 4.74 Å². The van der Waals surface area contributed by atoms with Gasteiger partial charge in [0.15, 0.2) is 0 Å². The van der Waals surface area contributed by atoms with Crippen LogP contribution in [-0.2, 0) is 4.74 Å². The van der Waals surface area contributed by atoms with Gasteiger partial charge in [0.2, 0.25) is 0 Å². The van der Waals surface area contributed by atoms with Crippen molar-refractivity contribution < 1.29 is 4.74 Å². The molecular weight excluding hydrogens is 114 g/mol. The minimum Gasteiger partial charge on any atom is -0.376 e. The molecule has 9 heavy (non-hydrogen) atoms. The first kappa shape index (κ1) is 7.03. The van der Waals surface area contributed by atoms with Gasteiger partial charge in [0.25, 0.3) is 0 Å². The van der Waals surface area contributed by atoms with Crippen LogP contribution in [0.2, 0.25) is 0 Å². The van der Waals surface area contributed by atoms with Crippen molar-refractivity contribution in [1.82, 2.24) is 4.90 Å². The molecule has 0 aromatic rings. The Balaban J connectivity index is 2.41. The Hall–Kier alpha value is -0.0800. The molecule has 0 bridgehead atoms. The van der Waals surface area contributed by atoms with E-state index >= 15 is 0 Å². The zero-order valence-corrected chi connectivity index (χ0v) is 6.42. The molecule has 1 rings (SSSR count). The van der Waals surface area contributed by atoms with Crippen molar-refractivity contribution >= 4 is 0 Å². The normalized spacial score (nSPS) is 39.0. The molecule has 2 nitrogen and oxygen atoms in total. The van der Waals surface area contributed by atoms with Crippen LogP contribution in [0, 0.1) is 0 Å². The summed E-state index contributed by atoms with van der Waals surface area (Å²) in [6, 6.07) is 0.582. The highest BCUT2D eigenvalue weighted by Crippen LogP contribution is 2.09. The van der Waals surface area contributed by atoms with Crippen LogP contribution < -0.4 is 0 Å². The number of likely N-dealkylation sites (N-methyl/N-ethyl adjacent to an activating group) is 1. The van der Waals surface area contributed by atoms with E-state index in [0.717, 1.165) is 13.2 Å². The zero-order valence-electron chi connectivity index (χ0n) is 6.42. The maximum atomic E-state index is 5.42. The Morgan fingerprint density at radius 3 is 2.56 bits per heavy atom. The van der Waals surface area contributed by atoms with Crippen molar-refractivity contribution in [3.8, 4) is 0 Å². The number of ether oxygens (including phenoxy) is 1. The maximum absolute atomic E-state index is 5.42. The van der Waals surface area contributed by atoms with E-state index in [2.05, 4.69) is 25.8 Å². The molecule has 1 saturated heterocycles. The predicted octanol–water partition coefficient (Wildman–Crippen LogP) is 0.725.